The Balaban J connectivity index is 2.28. The Morgan fingerprint density at radius 2 is 1.87 bits per heavy atom. The SMILES string of the molecule is [2H]C([2H])(OP(=O)(O)OP(=O)(O)OP(=O)(O)O)[C@]1(F)C[C@@H](O)[C@H](n2cc(F)c(=O)[nH]c2=O)O1. The molecule has 16 nitrogen and oxygen atoms in total. The number of hydrogen-bond donors (Lipinski definition) is 6. The normalized spacial score (nSPS) is 30.2. The maximum Gasteiger partial charge on any atom is 0.490 e. The van der Waals surface area contributed by atoms with Gasteiger partial charge in [0.05, 0.1) is 8.94 Å². The lowest BCUT2D eigenvalue weighted by Gasteiger charge is -2.22. The minimum Gasteiger partial charge on any atom is -0.388 e. The molecule has 1 aliphatic rings. The van der Waals surface area contributed by atoms with E-state index in [2.05, 4.69) is 17.9 Å². The first-order chi connectivity index (χ1) is 14.2. The van der Waals surface area contributed by atoms with Crippen molar-refractivity contribution in [2.75, 3.05) is 6.56 Å². The number of phosphoric ester groups is 1. The highest BCUT2D eigenvalue weighted by molar-refractivity contribution is 7.66. The summed E-state index contributed by atoms with van der Waals surface area (Å²) < 4.78 is 92.2. The summed E-state index contributed by atoms with van der Waals surface area (Å²) in [4.78, 5) is 59.5. The van der Waals surface area contributed by atoms with Gasteiger partial charge in [0.1, 0.15) is 12.7 Å². The second-order valence-electron chi connectivity index (χ2n) is 5.44. The average Bonchev–Trinajstić information content (AvgIpc) is 2.82. The summed E-state index contributed by atoms with van der Waals surface area (Å²) >= 11 is 0. The van der Waals surface area contributed by atoms with Crippen molar-refractivity contribution < 1.29 is 67.8 Å². The lowest BCUT2D eigenvalue weighted by atomic mass is 10.2. The first-order valence-electron chi connectivity index (χ1n) is 8.07. The molecule has 1 saturated heterocycles. The standard InChI is InChI=1S/C9H13F2N2O14P3/c10-4-2-13(8(16)12-6(4)15)7-5(14)1-9(11,25-7)3-24-29(20,21)27-30(22,23)26-28(17,18)19/h2,5,7,14H,1,3H2,(H,20,21)(H,22,23)(H,12,15,16)(H2,17,18,19)/t5-,7-,9+/m1/s1/i3D2. The van der Waals surface area contributed by atoms with E-state index >= 15 is 4.39 Å². The molecule has 172 valence electrons. The van der Waals surface area contributed by atoms with Crippen LogP contribution in [0.15, 0.2) is 15.8 Å². The molecular formula is C9H13F2N2O14P3. The molecule has 6 N–H and O–H groups in total. The molecule has 2 rings (SSSR count). The molecule has 2 unspecified atom stereocenters. The Kier molecular flexibility index (Phi) is 6.20. The maximum atomic E-state index is 15.1. The lowest BCUT2D eigenvalue weighted by molar-refractivity contribution is -0.178. The van der Waals surface area contributed by atoms with E-state index in [4.69, 9.17) is 17.4 Å². The zero-order chi connectivity index (χ0) is 24.9. The molecule has 0 radical (unpaired) electrons. The van der Waals surface area contributed by atoms with Gasteiger partial charge < -0.3 is 29.4 Å². The summed E-state index contributed by atoms with van der Waals surface area (Å²) in [6.07, 6.45) is -5.58. The Morgan fingerprint density at radius 3 is 2.43 bits per heavy atom. The van der Waals surface area contributed by atoms with E-state index < -0.39 is 71.7 Å². The summed E-state index contributed by atoms with van der Waals surface area (Å²) in [6.45, 7) is -4.13. The largest absolute Gasteiger partial charge is 0.490 e. The van der Waals surface area contributed by atoms with Crippen LogP contribution in [0.3, 0.4) is 0 Å². The second kappa shape index (κ2) is 8.43. The molecule has 1 aromatic rings. The molecule has 0 aliphatic carbocycles. The number of alkyl halides is 1. The molecule has 1 aliphatic heterocycles. The van der Waals surface area contributed by atoms with Crippen molar-refractivity contribution in [3.63, 3.8) is 0 Å². The summed E-state index contributed by atoms with van der Waals surface area (Å²) in [5, 5.41) is 9.92. The predicted molar refractivity (Wildman–Crippen MR) is 85.7 cm³/mol. The third kappa shape index (κ3) is 6.68. The quantitative estimate of drug-likeness (QED) is 0.231. The van der Waals surface area contributed by atoms with Crippen LogP contribution in [0.25, 0.3) is 0 Å². The molecule has 2 heterocycles. The van der Waals surface area contributed by atoms with Crippen LogP contribution in [0.2, 0.25) is 0 Å². The Hall–Kier alpha value is -1.13. The Bertz CT molecular complexity index is 1150. The van der Waals surface area contributed by atoms with Crippen molar-refractivity contribution in [3.05, 3.63) is 32.9 Å². The number of aliphatic hydroxyl groups excluding tert-OH is 1. The number of aliphatic hydroxyl groups is 1. The highest BCUT2D eigenvalue weighted by atomic mass is 31.3. The van der Waals surface area contributed by atoms with E-state index in [9.17, 15) is 37.7 Å². The van der Waals surface area contributed by atoms with Gasteiger partial charge in [-0.05, 0) is 0 Å². The number of nitrogens with one attached hydrogen (secondary N) is 1. The molecule has 5 atom stereocenters. The summed E-state index contributed by atoms with van der Waals surface area (Å²) in [5.41, 5.74) is -2.90. The van der Waals surface area contributed by atoms with Gasteiger partial charge in [-0.3, -0.25) is 18.9 Å². The van der Waals surface area contributed by atoms with Crippen molar-refractivity contribution in [1.29, 1.82) is 0 Å². The number of halogens is 2. The van der Waals surface area contributed by atoms with Gasteiger partial charge in [0.2, 0.25) is 11.7 Å². The monoisotopic (exact) mass is 506 g/mol. The van der Waals surface area contributed by atoms with Gasteiger partial charge in [0, 0.05) is 6.42 Å². The lowest BCUT2D eigenvalue weighted by Crippen LogP contribution is -2.37. The van der Waals surface area contributed by atoms with Crippen LogP contribution < -0.4 is 11.2 Å². The van der Waals surface area contributed by atoms with Crippen LogP contribution >= 0.6 is 23.5 Å². The van der Waals surface area contributed by atoms with E-state index in [0.29, 0.717) is 0 Å². The second-order valence-corrected chi connectivity index (χ2v) is 9.78. The fourth-order valence-electron chi connectivity index (χ4n) is 2.07. The number of H-pyrrole nitrogens is 1. The van der Waals surface area contributed by atoms with Gasteiger partial charge in [-0.1, -0.05) is 0 Å². The third-order valence-electron chi connectivity index (χ3n) is 3.04. The zero-order valence-corrected chi connectivity index (χ0v) is 16.6. The molecule has 21 heteroatoms. The zero-order valence-electron chi connectivity index (χ0n) is 15.9. The van der Waals surface area contributed by atoms with E-state index in [1.807, 2.05) is 0 Å². The molecular weight excluding hydrogens is 491 g/mol. The van der Waals surface area contributed by atoms with Crippen molar-refractivity contribution in [2.24, 2.45) is 0 Å². The number of aromatic nitrogens is 2. The molecule has 0 bridgehead atoms. The highest BCUT2D eigenvalue weighted by Gasteiger charge is 2.50. The van der Waals surface area contributed by atoms with Crippen LogP contribution in [0, 0.1) is 5.82 Å². The van der Waals surface area contributed by atoms with Crippen LogP contribution in [-0.4, -0.2) is 52.7 Å². The minimum atomic E-state index is -6.19. The maximum absolute atomic E-state index is 15.1. The van der Waals surface area contributed by atoms with Crippen LogP contribution in [0.1, 0.15) is 15.4 Å². The van der Waals surface area contributed by atoms with Crippen LogP contribution in [-0.2, 0) is 31.6 Å². The first-order valence-corrected chi connectivity index (χ1v) is 11.6. The van der Waals surface area contributed by atoms with Crippen molar-refractivity contribution in [1.82, 2.24) is 9.55 Å². The molecule has 0 aromatic carbocycles. The molecule has 0 saturated carbocycles. The summed E-state index contributed by atoms with van der Waals surface area (Å²) in [5.74, 6) is -5.48. The Morgan fingerprint density at radius 1 is 1.27 bits per heavy atom. The molecule has 1 fully saturated rings. The molecule has 1 aromatic heterocycles. The number of nitrogens with zero attached hydrogens (tertiary/aromatic N) is 1. The average molecular weight is 506 g/mol. The van der Waals surface area contributed by atoms with E-state index in [0.717, 1.165) is 0 Å². The van der Waals surface area contributed by atoms with Gasteiger partial charge in [-0.2, -0.15) is 13.0 Å². The van der Waals surface area contributed by atoms with Gasteiger partial charge in [-0.25, -0.2) is 22.9 Å². The topological polar surface area (TPSA) is 244 Å². The number of phosphoric acid groups is 3. The van der Waals surface area contributed by atoms with E-state index in [1.165, 1.54) is 4.98 Å². The number of aromatic amines is 1. The number of rotatable bonds is 8. The van der Waals surface area contributed by atoms with Gasteiger partial charge in [0.25, 0.3) is 5.56 Å². The van der Waals surface area contributed by atoms with Gasteiger partial charge >= 0.3 is 29.2 Å². The molecule has 0 spiro atoms. The summed E-state index contributed by atoms with van der Waals surface area (Å²) in [6, 6.07) is 0. The predicted octanol–water partition coefficient (Wildman–Crippen LogP) is -1.04. The van der Waals surface area contributed by atoms with Crippen molar-refractivity contribution in [3.8, 4) is 0 Å². The minimum absolute atomic E-state index is 0.129. The number of hydrogen-bond acceptors (Lipinski definition) is 10. The van der Waals surface area contributed by atoms with Crippen molar-refractivity contribution >= 4 is 23.5 Å². The van der Waals surface area contributed by atoms with Gasteiger partial charge in [-0.15, -0.1) is 0 Å². The third-order valence-corrected chi connectivity index (χ3v) is 6.69. The number of ether oxygens (including phenoxy) is 1. The summed E-state index contributed by atoms with van der Waals surface area (Å²) in [7, 11) is -18.0. The smallest absolute Gasteiger partial charge is 0.388 e. The fourth-order valence-corrected chi connectivity index (χ4v) is 4.96. The van der Waals surface area contributed by atoms with Crippen molar-refractivity contribution in [2.45, 2.75) is 24.6 Å². The Labute approximate surface area is 165 Å². The van der Waals surface area contributed by atoms with E-state index in [1.54, 1.807) is 0 Å². The fraction of sp³-hybridized carbons (Fsp3) is 0.556. The van der Waals surface area contributed by atoms with E-state index in [-0.39, 0.29) is 10.8 Å². The highest BCUT2D eigenvalue weighted by Crippen LogP contribution is 2.66. The van der Waals surface area contributed by atoms with Gasteiger partial charge in [0.15, 0.2) is 6.23 Å². The first kappa shape index (κ1) is 22.1. The molecule has 0 amide bonds. The van der Waals surface area contributed by atoms with Crippen LogP contribution in [0.5, 0.6) is 0 Å². The van der Waals surface area contributed by atoms with Crippen LogP contribution in [0.4, 0.5) is 8.78 Å². The molecule has 30 heavy (non-hydrogen) atoms.